The molecule has 0 radical (unpaired) electrons. The molecule has 0 aliphatic heterocycles. The van der Waals surface area contributed by atoms with Crippen LogP contribution in [0.15, 0.2) is 53.4 Å². The lowest BCUT2D eigenvalue weighted by molar-refractivity contribution is -0.114. The number of aryl methyl sites for hydroxylation is 1. The van der Waals surface area contributed by atoms with E-state index < -0.39 is 10.0 Å². The maximum Gasteiger partial charge on any atom is 0.243 e. The van der Waals surface area contributed by atoms with Crippen LogP contribution < -0.4 is 5.32 Å². The Kier molecular flexibility index (Phi) is 5.18. The van der Waals surface area contributed by atoms with Gasteiger partial charge in [-0.3, -0.25) is 4.79 Å². The smallest absolute Gasteiger partial charge is 0.243 e. The van der Waals surface area contributed by atoms with E-state index in [2.05, 4.69) is 5.32 Å². The molecule has 1 N–H and O–H groups in total. The Morgan fingerprint density at radius 2 is 1.78 bits per heavy atom. The molecule has 0 unspecified atom stereocenters. The molecule has 0 heterocycles. The molecule has 1 amide bonds. The zero-order chi connectivity index (χ0) is 17.0. The van der Waals surface area contributed by atoms with Gasteiger partial charge in [0.15, 0.2) is 0 Å². The molecule has 0 bridgehead atoms. The SMILES string of the molecule is CC(=O)Nc1ccc(S(=O)(=O)N(C)Cc2cccc(C)c2)cc1. The largest absolute Gasteiger partial charge is 0.326 e. The van der Waals surface area contributed by atoms with Gasteiger partial charge < -0.3 is 5.32 Å². The van der Waals surface area contributed by atoms with Gasteiger partial charge in [0.1, 0.15) is 0 Å². The Morgan fingerprint density at radius 1 is 1.13 bits per heavy atom. The predicted molar refractivity (Wildman–Crippen MR) is 90.6 cm³/mol. The fourth-order valence-electron chi connectivity index (χ4n) is 2.25. The minimum atomic E-state index is -3.57. The van der Waals surface area contributed by atoms with Gasteiger partial charge in [-0.25, -0.2) is 8.42 Å². The lowest BCUT2D eigenvalue weighted by Crippen LogP contribution is -2.26. The number of hydrogen-bond donors (Lipinski definition) is 1. The van der Waals surface area contributed by atoms with Crippen molar-refractivity contribution in [3.8, 4) is 0 Å². The molecular formula is C17H20N2O3S. The fourth-order valence-corrected chi connectivity index (χ4v) is 3.40. The Bertz CT molecular complexity index is 799. The normalized spacial score (nSPS) is 11.5. The molecule has 122 valence electrons. The van der Waals surface area contributed by atoms with Crippen molar-refractivity contribution in [2.45, 2.75) is 25.3 Å². The van der Waals surface area contributed by atoms with Crippen LogP contribution in [0, 0.1) is 6.92 Å². The van der Waals surface area contributed by atoms with Gasteiger partial charge in [-0.15, -0.1) is 0 Å². The Balaban J connectivity index is 2.18. The third kappa shape index (κ3) is 4.40. The molecule has 0 saturated carbocycles. The van der Waals surface area contributed by atoms with Crippen LogP contribution >= 0.6 is 0 Å². The van der Waals surface area contributed by atoms with Crippen molar-refractivity contribution in [2.75, 3.05) is 12.4 Å². The van der Waals surface area contributed by atoms with E-state index in [0.717, 1.165) is 11.1 Å². The monoisotopic (exact) mass is 332 g/mol. The van der Waals surface area contributed by atoms with Crippen LogP contribution in [0.2, 0.25) is 0 Å². The Morgan fingerprint density at radius 3 is 2.35 bits per heavy atom. The Hall–Kier alpha value is -2.18. The second-order valence-electron chi connectivity index (χ2n) is 5.46. The molecule has 0 atom stereocenters. The average molecular weight is 332 g/mol. The molecule has 2 aromatic carbocycles. The van der Waals surface area contributed by atoms with Crippen LogP contribution in [-0.4, -0.2) is 25.7 Å². The van der Waals surface area contributed by atoms with E-state index in [0.29, 0.717) is 12.2 Å². The molecule has 0 spiro atoms. The van der Waals surface area contributed by atoms with Gasteiger partial charge in [-0.2, -0.15) is 4.31 Å². The molecular weight excluding hydrogens is 312 g/mol. The second kappa shape index (κ2) is 6.93. The minimum absolute atomic E-state index is 0.196. The van der Waals surface area contributed by atoms with Gasteiger partial charge in [0.25, 0.3) is 0 Å². The highest BCUT2D eigenvalue weighted by Crippen LogP contribution is 2.19. The fraction of sp³-hybridized carbons (Fsp3) is 0.235. The quantitative estimate of drug-likeness (QED) is 0.915. The topological polar surface area (TPSA) is 66.5 Å². The predicted octanol–water partition coefficient (Wildman–Crippen LogP) is 2.77. The summed E-state index contributed by atoms with van der Waals surface area (Å²) in [5.41, 5.74) is 2.59. The van der Waals surface area contributed by atoms with Crippen LogP contribution in [0.3, 0.4) is 0 Å². The molecule has 6 heteroatoms. The highest BCUT2D eigenvalue weighted by atomic mass is 32.2. The van der Waals surface area contributed by atoms with Crippen molar-refractivity contribution in [3.63, 3.8) is 0 Å². The van der Waals surface area contributed by atoms with E-state index in [1.165, 1.54) is 23.4 Å². The lowest BCUT2D eigenvalue weighted by Gasteiger charge is -2.18. The number of nitrogens with zero attached hydrogens (tertiary/aromatic N) is 1. The van der Waals surface area contributed by atoms with Crippen molar-refractivity contribution in [2.24, 2.45) is 0 Å². The third-order valence-corrected chi connectivity index (χ3v) is 5.19. The summed E-state index contributed by atoms with van der Waals surface area (Å²) < 4.78 is 26.5. The van der Waals surface area contributed by atoms with Gasteiger partial charge in [-0.1, -0.05) is 29.8 Å². The van der Waals surface area contributed by atoms with E-state index in [9.17, 15) is 13.2 Å². The maximum absolute atomic E-state index is 12.6. The van der Waals surface area contributed by atoms with Crippen LogP contribution in [0.25, 0.3) is 0 Å². The summed E-state index contributed by atoms with van der Waals surface area (Å²) in [6.45, 7) is 3.68. The van der Waals surface area contributed by atoms with E-state index in [-0.39, 0.29) is 10.8 Å². The third-order valence-electron chi connectivity index (χ3n) is 3.37. The number of rotatable bonds is 5. The van der Waals surface area contributed by atoms with Crippen molar-refractivity contribution in [3.05, 3.63) is 59.7 Å². The standard InChI is InChI=1S/C17H20N2O3S/c1-13-5-4-6-15(11-13)12-19(3)23(21,22)17-9-7-16(8-10-17)18-14(2)20/h4-11H,12H2,1-3H3,(H,18,20). The summed E-state index contributed by atoms with van der Waals surface area (Å²) in [4.78, 5) is 11.2. The minimum Gasteiger partial charge on any atom is -0.326 e. The zero-order valence-electron chi connectivity index (χ0n) is 13.4. The number of carbonyl (C=O) groups is 1. The van der Waals surface area contributed by atoms with Crippen LogP contribution in [-0.2, 0) is 21.4 Å². The van der Waals surface area contributed by atoms with Crippen molar-refractivity contribution >= 4 is 21.6 Å². The number of amides is 1. The number of nitrogens with one attached hydrogen (secondary N) is 1. The highest BCUT2D eigenvalue weighted by molar-refractivity contribution is 7.89. The number of sulfonamides is 1. The van der Waals surface area contributed by atoms with Crippen LogP contribution in [0.4, 0.5) is 5.69 Å². The number of anilines is 1. The molecule has 0 saturated heterocycles. The van der Waals surface area contributed by atoms with E-state index >= 15 is 0 Å². The van der Waals surface area contributed by atoms with E-state index in [1.54, 1.807) is 19.2 Å². The molecule has 2 rings (SSSR count). The molecule has 0 aliphatic carbocycles. The zero-order valence-corrected chi connectivity index (χ0v) is 14.2. The highest BCUT2D eigenvalue weighted by Gasteiger charge is 2.20. The number of benzene rings is 2. The van der Waals surface area contributed by atoms with Crippen molar-refractivity contribution < 1.29 is 13.2 Å². The first kappa shape index (κ1) is 17.2. The Labute approximate surface area is 137 Å². The summed E-state index contributed by atoms with van der Waals surface area (Å²) in [6, 6.07) is 13.9. The molecule has 0 aromatic heterocycles. The molecule has 0 aliphatic rings. The average Bonchev–Trinajstić information content (AvgIpc) is 2.47. The van der Waals surface area contributed by atoms with Crippen molar-refractivity contribution in [1.29, 1.82) is 0 Å². The van der Waals surface area contributed by atoms with Gasteiger partial charge in [0.2, 0.25) is 15.9 Å². The maximum atomic E-state index is 12.6. The molecule has 2 aromatic rings. The first-order valence-electron chi connectivity index (χ1n) is 7.18. The van der Waals surface area contributed by atoms with E-state index in [1.807, 2.05) is 31.2 Å². The van der Waals surface area contributed by atoms with Gasteiger partial charge in [0.05, 0.1) is 4.90 Å². The lowest BCUT2D eigenvalue weighted by atomic mass is 10.1. The van der Waals surface area contributed by atoms with Crippen LogP contribution in [0.5, 0.6) is 0 Å². The number of carbonyl (C=O) groups excluding carboxylic acids is 1. The van der Waals surface area contributed by atoms with Crippen molar-refractivity contribution in [1.82, 2.24) is 4.31 Å². The summed E-state index contributed by atoms with van der Waals surface area (Å²) in [5, 5.41) is 2.61. The summed E-state index contributed by atoms with van der Waals surface area (Å²) >= 11 is 0. The van der Waals surface area contributed by atoms with Gasteiger partial charge >= 0.3 is 0 Å². The second-order valence-corrected chi connectivity index (χ2v) is 7.50. The molecule has 0 fully saturated rings. The molecule has 5 nitrogen and oxygen atoms in total. The first-order chi connectivity index (χ1) is 10.8. The van der Waals surface area contributed by atoms with E-state index in [4.69, 9.17) is 0 Å². The van der Waals surface area contributed by atoms with Crippen LogP contribution in [0.1, 0.15) is 18.1 Å². The summed E-state index contributed by atoms with van der Waals surface area (Å²) in [5.74, 6) is -0.197. The number of hydrogen-bond acceptors (Lipinski definition) is 3. The van der Waals surface area contributed by atoms with Gasteiger partial charge in [-0.05, 0) is 36.8 Å². The van der Waals surface area contributed by atoms with Gasteiger partial charge in [0, 0.05) is 26.2 Å². The summed E-state index contributed by atoms with van der Waals surface area (Å²) in [7, 11) is -2.02. The first-order valence-corrected chi connectivity index (χ1v) is 8.62. The summed E-state index contributed by atoms with van der Waals surface area (Å²) in [6.07, 6.45) is 0. The molecule has 23 heavy (non-hydrogen) atoms.